The summed E-state index contributed by atoms with van der Waals surface area (Å²) in [6.07, 6.45) is 1.37. The van der Waals surface area contributed by atoms with E-state index in [1.54, 1.807) is 25.5 Å². The number of hydrogen-bond acceptors (Lipinski definition) is 4. The lowest BCUT2D eigenvalue weighted by Gasteiger charge is -2.06. The van der Waals surface area contributed by atoms with E-state index >= 15 is 0 Å². The molecule has 0 aliphatic rings. The van der Waals surface area contributed by atoms with Crippen LogP contribution in [0, 0.1) is 20.8 Å². The van der Waals surface area contributed by atoms with Gasteiger partial charge in [0.2, 0.25) is 0 Å². The standard InChI is InChI=1S/C11H15BrN4O2S/c1-5-15-8(3)10(6-13-15)19(17,18)16-9(4)11(12)7(2)14-16/h6H,5H2,1-4H3. The minimum atomic E-state index is -3.70. The first kappa shape index (κ1) is 14.3. The summed E-state index contributed by atoms with van der Waals surface area (Å²) in [6, 6.07) is 0. The maximum atomic E-state index is 12.6. The number of nitrogens with zero attached hydrogens (tertiary/aromatic N) is 4. The molecule has 2 rings (SSSR count). The first-order chi connectivity index (χ1) is 8.80. The van der Waals surface area contributed by atoms with E-state index in [4.69, 9.17) is 0 Å². The van der Waals surface area contributed by atoms with Crippen LogP contribution < -0.4 is 0 Å². The van der Waals surface area contributed by atoms with Crippen LogP contribution in [0.25, 0.3) is 0 Å². The molecule has 0 atom stereocenters. The normalized spacial score (nSPS) is 12.1. The summed E-state index contributed by atoms with van der Waals surface area (Å²) in [4.78, 5) is 0.187. The van der Waals surface area contributed by atoms with E-state index in [-0.39, 0.29) is 4.90 Å². The Labute approximate surface area is 120 Å². The Kier molecular flexibility index (Phi) is 3.57. The first-order valence-corrected chi connectivity index (χ1v) is 8.03. The lowest BCUT2D eigenvalue weighted by molar-refractivity contribution is 0.575. The van der Waals surface area contributed by atoms with Gasteiger partial charge in [0.1, 0.15) is 4.90 Å². The molecule has 6 nitrogen and oxygen atoms in total. The molecule has 0 aliphatic carbocycles. The molecular weight excluding hydrogens is 332 g/mol. The molecule has 104 valence electrons. The zero-order chi connectivity index (χ0) is 14.4. The molecule has 0 aromatic carbocycles. The van der Waals surface area contributed by atoms with Gasteiger partial charge in [-0.2, -0.15) is 22.7 Å². The SMILES string of the molecule is CCn1ncc(S(=O)(=O)n2nc(C)c(Br)c2C)c1C. The molecule has 2 aromatic rings. The molecule has 0 N–H and O–H groups in total. The second kappa shape index (κ2) is 4.75. The molecule has 0 saturated carbocycles. The highest BCUT2D eigenvalue weighted by Crippen LogP contribution is 2.25. The van der Waals surface area contributed by atoms with Crippen molar-refractivity contribution in [1.82, 2.24) is 19.0 Å². The summed E-state index contributed by atoms with van der Waals surface area (Å²) in [7, 11) is -3.70. The van der Waals surface area contributed by atoms with Crippen molar-refractivity contribution in [1.29, 1.82) is 0 Å². The lowest BCUT2D eigenvalue weighted by Crippen LogP contribution is -2.17. The highest BCUT2D eigenvalue weighted by Gasteiger charge is 2.26. The summed E-state index contributed by atoms with van der Waals surface area (Å²) in [6.45, 7) is 7.75. The molecule has 0 spiro atoms. The fraction of sp³-hybridized carbons (Fsp3) is 0.455. The van der Waals surface area contributed by atoms with Gasteiger partial charge in [0.25, 0.3) is 10.0 Å². The van der Waals surface area contributed by atoms with Crippen molar-refractivity contribution in [3.63, 3.8) is 0 Å². The summed E-state index contributed by atoms with van der Waals surface area (Å²) in [5, 5.41) is 8.15. The molecule has 2 heterocycles. The van der Waals surface area contributed by atoms with E-state index in [0.29, 0.717) is 28.1 Å². The van der Waals surface area contributed by atoms with E-state index in [1.807, 2.05) is 6.92 Å². The van der Waals surface area contributed by atoms with Gasteiger partial charge in [-0.3, -0.25) is 4.68 Å². The van der Waals surface area contributed by atoms with Crippen molar-refractivity contribution in [2.24, 2.45) is 0 Å². The molecule has 0 unspecified atom stereocenters. The molecule has 0 aliphatic heterocycles. The van der Waals surface area contributed by atoms with Crippen LogP contribution in [0.2, 0.25) is 0 Å². The first-order valence-electron chi connectivity index (χ1n) is 5.80. The minimum absolute atomic E-state index is 0.187. The molecular formula is C11H15BrN4O2S. The molecule has 2 aromatic heterocycles. The lowest BCUT2D eigenvalue weighted by atomic mass is 10.4. The van der Waals surface area contributed by atoms with Gasteiger partial charge in [-0.05, 0) is 43.6 Å². The van der Waals surface area contributed by atoms with Crippen LogP contribution in [0.5, 0.6) is 0 Å². The van der Waals surface area contributed by atoms with Gasteiger partial charge < -0.3 is 0 Å². The summed E-state index contributed by atoms with van der Waals surface area (Å²) < 4.78 is 28.6. The smallest absolute Gasteiger partial charge is 0.269 e. The Balaban J connectivity index is 2.65. The quantitative estimate of drug-likeness (QED) is 0.852. The predicted octanol–water partition coefficient (Wildman–Crippen LogP) is 2.02. The average molecular weight is 347 g/mol. The fourth-order valence-corrected chi connectivity index (χ4v) is 3.82. The molecule has 0 fully saturated rings. The van der Waals surface area contributed by atoms with Crippen LogP contribution in [0.15, 0.2) is 15.6 Å². The van der Waals surface area contributed by atoms with Crippen LogP contribution in [-0.2, 0) is 16.6 Å². The van der Waals surface area contributed by atoms with Crippen LogP contribution in [0.1, 0.15) is 24.0 Å². The minimum Gasteiger partial charge on any atom is -0.269 e. The highest BCUT2D eigenvalue weighted by molar-refractivity contribution is 9.10. The number of aryl methyl sites for hydroxylation is 2. The van der Waals surface area contributed by atoms with Crippen LogP contribution in [0.4, 0.5) is 0 Å². The zero-order valence-electron chi connectivity index (χ0n) is 11.2. The van der Waals surface area contributed by atoms with Gasteiger partial charge in [-0.1, -0.05) is 0 Å². The van der Waals surface area contributed by atoms with Gasteiger partial charge in [0, 0.05) is 6.54 Å². The predicted molar refractivity (Wildman–Crippen MR) is 74.6 cm³/mol. The Bertz CT molecular complexity index is 730. The monoisotopic (exact) mass is 346 g/mol. The van der Waals surface area contributed by atoms with Crippen molar-refractivity contribution in [3.05, 3.63) is 27.8 Å². The van der Waals surface area contributed by atoms with Gasteiger partial charge >= 0.3 is 0 Å². The summed E-state index contributed by atoms with van der Waals surface area (Å²) in [5.41, 5.74) is 1.81. The molecule has 0 bridgehead atoms. The maximum Gasteiger partial charge on any atom is 0.286 e. The number of halogens is 1. The Morgan fingerprint density at radius 1 is 1.26 bits per heavy atom. The summed E-state index contributed by atoms with van der Waals surface area (Å²) in [5.74, 6) is 0. The van der Waals surface area contributed by atoms with Gasteiger partial charge in [-0.25, -0.2) is 0 Å². The zero-order valence-corrected chi connectivity index (χ0v) is 13.6. The molecule has 8 heteroatoms. The van der Waals surface area contributed by atoms with E-state index in [9.17, 15) is 8.42 Å². The van der Waals surface area contributed by atoms with Crippen LogP contribution in [-0.4, -0.2) is 27.4 Å². The topological polar surface area (TPSA) is 69.8 Å². The third-order valence-corrected chi connectivity index (χ3v) is 5.94. The second-order valence-electron chi connectivity index (χ2n) is 4.24. The van der Waals surface area contributed by atoms with Crippen LogP contribution in [0.3, 0.4) is 0 Å². The molecule has 0 radical (unpaired) electrons. The van der Waals surface area contributed by atoms with Crippen molar-refractivity contribution in [2.45, 2.75) is 39.1 Å². The molecule has 0 amide bonds. The largest absolute Gasteiger partial charge is 0.286 e. The van der Waals surface area contributed by atoms with Crippen LogP contribution >= 0.6 is 15.9 Å². The van der Waals surface area contributed by atoms with Crippen molar-refractivity contribution < 1.29 is 8.42 Å². The third-order valence-electron chi connectivity index (χ3n) is 3.03. The molecule has 19 heavy (non-hydrogen) atoms. The Morgan fingerprint density at radius 2 is 1.89 bits per heavy atom. The van der Waals surface area contributed by atoms with Crippen molar-refractivity contribution in [2.75, 3.05) is 0 Å². The van der Waals surface area contributed by atoms with Gasteiger partial charge in [-0.15, -0.1) is 0 Å². The van der Waals surface area contributed by atoms with E-state index in [2.05, 4.69) is 26.1 Å². The maximum absolute atomic E-state index is 12.6. The Hall–Kier alpha value is -1.15. The third kappa shape index (κ3) is 2.12. The molecule has 0 saturated heterocycles. The Morgan fingerprint density at radius 3 is 2.32 bits per heavy atom. The number of hydrogen-bond donors (Lipinski definition) is 0. The summed E-state index contributed by atoms with van der Waals surface area (Å²) >= 11 is 3.33. The van der Waals surface area contributed by atoms with E-state index in [1.165, 1.54) is 6.20 Å². The fourth-order valence-electron chi connectivity index (χ4n) is 1.93. The number of aromatic nitrogens is 4. The van der Waals surface area contributed by atoms with E-state index < -0.39 is 10.0 Å². The van der Waals surface area contributed by atoms with Gasteiger partial charge in [0.15, 0.2) is 0 Å². The van der Waals surface area contributed by atoms with E-state index in [0.717, 1.165) is 4.09 Å². The second-order valence-corrected chi connectivity index (χ2v) is 6.77. The number of rotatable bonds is 3. The average Bonchev–Trinajstić information content (AvgIpc) is 2.85. The van der Waals surface area contributed by atoms with Gasteiger partial charge in [0.05, 0.1) is 27.8 Å². The highest BCUT2D eigenvalue weighted by atomic mass is 79.9. The van der Waals surface area contributed by atoms with Crippen molar-refractivity contribution in [3.8, 4) is 0 Å². The van der Waals surface area contributed by atoms with Crippen molar-refractivity contribution >= 4 is 26.0 Å².